The first kappa shape index (κ1) is 17.2. The quantitative estimate of drug-likeness (QED) is 0.480. The van der Waals surface area contributed by atoms with Gasteiger partial charge in [0.15, 0.2) is 11.5 Å². The first-order chi connectivity index (χ1) is 13.1. The van der Waals surface area contributed by atoms with Crippen LogP contribution in [0.3, 0.4) is 0 Å². The van der Waals surface area contributed by atoms with Gasteiger partial charge >= 0.3 is 0 Å². The molecule has 0 saturated heterocycles. The van der Waals surface area contributed by atoms with Crippen molar-refractivity contribution in [2.45, 2.75) is 6.92 Å². The van der Waals surface area contributed by atoms with Crippen LogP contribution in [0.4, 0.5) is 5.88 Å². The average Bonchev–Trinajstić information content (AvgIpc) is 3.33. The first-order valence-corrected chi connectivity index (χ1v) is 8.95. The number of hydrogen-bond acceptors (Lipinski definition) is 5. The molecule has 0 spiro atoms. The largest absolute Gasteiger partial charge is 0.355 e. The number of benzene rings is 2. The van der Waals surface area contributed by atoms with E-state index in [-0.39, 0.29) is 11.6 Å². The number of hydrogen-bond donors (Lipinski definition) is 1. The Kier molecular flexibility index (Phi) is 4.60. The smallest absolute Gasteiger partial charge is 0.280 e. The monoisotopic (exact) mass is 423 g/mol. The predicted molar refractivity (Wildman–Crippen MR) is 104 cm³/mol. The van der Waals surface area contributed by atoms with E-state index in [1.807, 2.05) is 55.5 Å². The number of aryl methyl sites for hydroxylation is 1. The zero-order chi connectivity index (χ0) is 18.8. The molecule has 1 N–H and O–H groups in total. The fraction of sp³-hybridized carbons (Fsp3) is 0.0500. The summed E-state index contributed by atoms with van der Waals surface area (Å²) in [6, 6.07) is 18.6. The Bertz CT molecular complexity index is 1080. The number of nitrogens with one attached hydrogen (secondary N) is 1. The Labute approximate surface area is 163 Å². The van der Waals surface area contributed by atoms with E-state index >= 15 is 0 Å². The van der Waals surface area contributed by atoms with Crippen molar-refractivity contribution in [3.8, 4) is 22.6 Å². The maximum Gasteiger partial charge on any atom is 0.280 e. The molecule has 0 bridgehead atoms. The Morgan fingerprint density at radius 2 is 1.63 bits per heavy atom. The number of aromatic nitrogens is 2. The third-order valence-corrected chi connectivity index (χ3v) is 4.49. The summed E-state index contributed by atoms with van der Waals surface area (Å²) >= 11 is 3.38. The predicted octanol–water partition coefficient (Wildman–Crippen LogP) is 5.32. The number of rotatable bonds is 4. The van der Waals surface area contributed by atoms with Crippen LogP contribution < -0.4 is 5.32 Å². The van der Waals surface area contributed by atoms with Gasteiger partial charge in [-0.05, 0) is 19.1 Å². The molecule has 2 aromatic heterocycles. The van der Waals surface area contributed by atoms with Crippen molar-refractivity contribution < 1.29 is 13.8 Å². The van der Waals surface area contributed by atoms with E-state index in [0.717, 1.165) is 21.2 Å². The van der Waals surface area contributed by atoms with Crippen LogP contribution in [0.5, 0.6) is 0 Å². The number of halogens is 1. The van der Waals surface area contributed by atoms with Crippen molar-refractivity contribution in [2.24, 2.45) is 0 Å². The molecule has 7 heteroatoms. The van der Waals surface area contributed by atoms with E-state index in [1.54, 1.807) is 12.1 Å². The molecule has 0 aliphatic heterocycles. The Morgan fingerprint density at radius 1 is 0.926 bits per heavy atom. The van der Waals surface area contributed by atoms with Gasteiger partial charge < -0.3 is 9.05 Å². The molecule has 0 unspecified atom stereocenters. The van der Waals surface area contributed by atoms with Crippen LogP contribution in [-0.4, -0.2) is 16.2 Å². The highest BCUT2D eigenvalue weighted by atomic mass is 79.9. The molecule has 0 fully saturated rings. The zero-order valence-electron chi connectivity index (χ0n) is 14.3. The minimum absolute atomic E-state index is 0.154. The van der Waals surface area contributed by atoms with Gasteiger partial charge in [-0.2, -0.15) is 0 Å². The van der Waals surface area contributed by atoms with Crippen molar-refractivity contribution in [3.63, 3.8) is 0 Å². The molecule has 0 saturated carbocycles. The summed E-state index contributed by atoms with van der Waals surface area (Å²) in [5, 5.41) is 10.4. The van der Waals surface area contributed by atoms with Crippen LogP contribution >= 0.6 is 15.9 Å². The number of carbonyl (C=O) groups is 1. The molecule has 1 amide bonds. The van der Waals surface area contributed by atoms with E-state index in [0.29, 0.717) is 11.5 Å². The van der Waals surface area contributed by atoms with E-state index in [1.165, 1.54) is 0 Å². The number of amides is 1. The van der Waals surface area contributed by atoms with Crippen LogP contribution in [-0.2, 0) is 0 Å². The molecular formula is C20H14BrN3O3. The average molecular weight is 424 g/mol. The van der Waals surface area contributed by atoms with E-state index in [9.17, 15) is 4.79 Å². The van der Waals surface area contributed by atoms with Crippen LogP contribution in [0.1, 0.15) is 16.1 Å². The third kappa shape index (κ3) is 3.83. The number of anilines is 1. The lowest BCUT2D eigenvalue weighted by Gasteiger charge is -1.96. The minimum Gasteiger partial charge on any atom is -0.355 e. The summed E-state index contributed by atoms with van der Waals surface area (Å²) in [5.74, 6) is 0.308. The lowest BCUT2D eigenvalue weighted by molar-refractivity contribution is 0.101. The number of nitrogens with zero attached hydrogens (tertiary/aromatic N) is 2. The molecule has 6 nitrogen and oxygen atoms in total. The standard InChI is InChI=1S/C20H14BrN3O3/c1-12-2-4-13(5-3-12)16-11-19(27-23-16)22-20(25)17-10-18(26-24-17)14-6-8-15(21)9-7-14/h2-11H,1H3,(H,22,25). The molecule has 2 heterocycles. The molecular weight excluding hydrogens is 410 g/mol. The van der Waals surface area contributed by atoms with E-state index < -0.39 is 5.91 Å². The van der Waals surface area contributed by atoms with Gasteiger partial charge in [0.2, 0.25) is 5.88 Å². The summed E-state index contributed by atoms with van der Waals surface area (Å²) in [4.78, 5) is 12.4. The topological polar surface area (TPSA) is 81.2 Å². The Morgan fingerprint density at radius 3 is 2.37 bits per heavy atom. The summed E-state index contributed by atoms with van der Waals surface area (Å²) in [5.41, 5.74) is 3.68. The van der Waals surface area contributed by atoms with Crippen molar-refractivity contribution >= 4 is 27.7 Å². The molecule has 0 radical (unpaired) electrons. The Balaban J connectivity index is 1.48. The second-order valence-electron chi connectivity index (χ2n) is 5.98. The third-order valence-electron chi connectivity index (χ3n) is 3.97. The zero-order valence-corrected chi connectivity index (χ0v) is 15.9. The summed E-state index contributed by atoms with van der Waals surface area (Å²) in [6.07, 6.45) is 0. The summed E-state index contributed by atoms with van der Waals surface area (Å²) < 4.78 is 11.4. The van der Waals surface area contributed by atoms with Crippen molar-refractivity contribution in [1.82, 2.24) is 10.3 Å². The molecule has 2 aromatic carbocycles. The molecule has 0 aliphatic carbocycles. The summed E-state index contributed by atoms with van der Waals surface area (Å²) in [7, 11) is 0. The Hall–Kier alpha value is -3.19. The van der Waals surface area contributed by atoms with Crippen molar-refractivity contribution in [3.05, 3.63) is 76.4 Å². The molecule has 0 aliphatic rings. The van der Waals surface area contributed by atoms with Gasteiger partial charge in [0, 0.05) is 27.7 Å². The first-order valence-electron chi connectivity index (χ1n) is 8.16. The normalized spacial score (nSPS) is 10.7. The van der Waals surface area contributed by atoms with Gasteiger partial charge in [-0.15, -0.1) is 0 Å². The lowest BCUT2D eigenvalue weighted by Crippen LogP contribution is -2.11. The number of carbonyl (C=O) groups excluding carboxylic acids is 1. The molecule has 4 rings (SSSR count). The fourth-order valence-electron chi connectivity index (χ4n) is 2.50. The summed E-state index contributed by atoms with van der Waals surface area (Å²) in [6.45, 7) is 2.01. The van der Waals surface area contributed by atoms with E-state index in [2.05, 4.69) is 31.6 Å². The van der Waals surface area contributed by atoms with Crippen LogP contribution in [0.15, 0.2) is 74.2 Å². The lowest BCUT2D eigenvalue weighted by atomic mass is 10.1. The minimum atomic E-state index is -0.436. The van der Waals surface area contributed by atoms with Gasteiger partial charge in [0.1, 0.15) is 5.69 Å². The van der Waals surface area contributed by atoms with Gasteiger partial charge in [0.25, 0.3) is 5.91 Å². The van der Waals surface area contributed by atoms with Gasteiger partial charge in [-0.25, -0.2) is 0 Å². The highest BCUT2D eigenvalue weighted by Crippen LogP contribution is 2.24. The maximum atomic E-state index is 12.4. The second kappa shape index (κ2) is 7.20. The fourth-order valence-corrected chi connectivity index (χ4v) is 2.77. The van der Waals surface area contributed by atoms with Gasteiger partial charge in [0.05, 0.1) is 0 Å². The highest BCUT2D eigenvalue weighted by Gasteiger charge is 2.16. The maximum absolute atomic E-state index is 12.4. The highest BCUT2D eigenvalue weighted by molar-refractivity contribution is 9.10. The van der Waals surface area contributed by atoms with Crippen LogP contribution in [0, 0.1) is 6.92 Å². The van der Waals surface area contributed by atoms with Crippen molar-refractivity contribution in [1.29, 1.82) is 0 Å². The van der Waals surface area contributed by atoms with Gasteiger partial charge in [-0.1, -0.05) is 68.2 Å². The van der Waals surface area contributed by atoms with Crippen molar-refractivity contribution in [2.75, 3.05) is 5.32 Å². The second-order valence-corrected chi connectivity index (χ2v) is 6.90. The van der Waals surface area contributed by atoms with E-state index in [4.69, 9.17) is 9.05 Å². The molecule has 0 atom stereocenters. The van der Waals surface area contributed by atoms with Gasteiger partial charge in [-0.3, -0.25) is 10.1 Å². The SMILES string of the molecule is Cc1ccc(-c2cc(NC(=O)c3cc(-c4ccc(Br)cc4)on3)on2)cc1. The van der Waals surface area contributed by atoms with Crippen LogP contribution in [0.2, 0.25) is 0 Å². The van der Waals surface area contributed by atoms with Crippen LogP contribution in [0.25, 0.3) is 22.6 Å². The molecule has 134 valence electrons. The molecule has 27 heavy (non-hydrogen) atoms. The molecule has 4 aromatic rings.